The third-order valence-electron chi connectivity index (χ3n) is 4.39. The lowest BCUT2D eigenvalue weighted by atomic mass is 10.1. The Morgan fingerprint density at radius 2 is 1.84 bits per heavy atom. The zero-order chi connectivity index (χ0) is 22.4. The summed E-state index contributed by atoms with van der Waals surface area (Å²) in [5.41, 5.74) is 1.04. The number of rotatable bonds is 3. The Hall–Kier alpha value is -3.09. The van der Waals surface area contributed by atoms with Crippen molar-refractivity contribution in [1.29, 1.82) is 0 Å². The third kappa shape index (κ3) is 4.65. The number of aromatic nitrogens is 2. The number of fused-ring (bicyclic) bond motifs is 1. The van der Waals surface area contributed by atoms with Crippen LogP contribution in [0.25, 0.3) is 10.7 Å². The summed E-state index contributed by atoms with van der Waals surface area (Å²) in [6.45, 7) is 0.534. The number of hydrogen-bond donors (Lipinski definition) is 0. The highest BCUT2D eigenvalue weighted by molar-refractivity contribution is 7.15. The van der Waals surface area contributed by atoms with E-state index < -0.39 is 30.1 Å². The molecule has 0 unspecified atom stereocenters. The van der Waals surface area contributed by atoms with Crippen molar-refractivity contribution in [3.05, 3.63) is 52.2 Å². The molecular weight excluding hydrogens is 452 g/mol. The van der Waals surface area contributed by atoms with E-state index in [0.29, 0.717) is 17.8 Å². The zero-order valence-corrected chi connectivity index (χ0v) is 16.1. The molecule has 2 aromatic heterocycles. The molecule has 1 aliphatic heterocycles. The molecular formula is C18H11F6N3O3S. The summed E-state index contributed by atoms with van der Waals surface area (Å²) in [6, 6.07) is 6.23. The van der Waals surface area contributed by atoms with Gasteiger partial charge in [-0.05, 0) is 42.3 Å². The van der Waals surface area contributed by atoms with Gasteiger partial charge >= 0.3 is 18.4 Å². The van der Waals surface area contributed by atoms with E-state index in [1.807, 2.05) is 0 Å². The second-order valence-electron chi connectivity index (χ2n) is 6.53. The Morgan fingerprint density at radius 3 is 2.45 bits per heavy atom. The Bertz CT molecular complexity index is 1100. The van der Waals surface area contributed by atoms with Crippen LogP contribution in [0.4, 0.5) is 26.3 Å². The number of thiophene rings is 1. The van der Waals surface area contributed by atoms with Gasteiger partial charge < -0.3 is 14.2 Å². The second-order valence-corrected chi connectivity index (χ2v) is 7.67. The van der Waals surface area contributed by atoms with Gasteiger partial charge in [-0.1, -0.05) is 5.16 Å². The highest BCUT2D eigenvalue weighted by Gasteiger charge is 2.39. The Morgan fingerprint density at radius 1 is 1.13 bits per heavy atom. The first-order valence-electron chi connectivity index (χ1n) is 8.67. The monoisotopic (exact) mass is 463 g/mol. The number of hydrogen-bond acceptors (Lipinski definition) is 6. The maximum Gasteiger partial charge on any atom is 0.573 e. The number of nitrogens with zero attached hydrogens (tertiary/aromatic N) is 3. The smallest absolute Gasteiger partial charge is 0.406 e. The van der Waals surface area contributed by atoms with Crippen molar-refractivity contribution in [3.63, 3.8) is 0 Å². The molecule has 0 atom stereocenters. The van der Waals surface area contributed by atoms with Gasteiger partial charge in [-0.25, -0.2) is 0 Å². The van der Waals surface area contributed by atoms with Crippen molar-refractivity contribution in [2.45, 2.75) is 25.5 Å². The predicted molar refractivity (Wildman–Crippen MR) is 94.2 cm³/mol. The van der Waals surface area contributed by atoms with Gasteiger partial charge in [0.15, 0.2) is 0 Å². The molecule has 0 spiro atoms. The second kappa shape index (κ2) is 7.55. The summed E-state index contributed by atoms with van der Waals surface area (Å²) in [7, 11) is 0. The Kier molecular flexibility index (Phi) is 5.15. The van der Waals surface area contributed by atoms with Crippen LogP contribution in [0.3, 0.4) is 0 Å². The maximum atomic E-state index is 12.7. The quantitative estimate of drug-likeness (QED) is 0.516. The number of carbonyl (C=O) groups is 1. The molecule has 164 valence electrons. The van der Waals surface area contributed by atoms with Crippen LogP contribution in [-0.2, 0) is 19.1 Å². The molecule has 1 aromatic carbocycles. The topological polar surface area (TPSA) is 68.5 Å². The zero-order valence-electron chi connectivity index (χ0n) is 15.3. The summed E-state index contributed by atoms with van der Waals surface area (Å²) in [6.07, 6.45) is -9.12. The molecule has 3 heterocycles. The largest absolute Gasteiger partial charge is 0.573 e. The number of alkyl halides is 6. The molecule has 0 N–H and O–H groups in total. The Labute approximate surface area is 174 Å². The van der Waals surface area contributed by atoms with E-state index in [1.54, 1.807) is 6.07 Å². The van der Waals surface area contributed by atoms with Crippen LogP contribution in [0.1, 0.15) is 26.7 Å². The molecule has 0 saturated carbocycles. The maximum absolute atomic E-state index is 12.7. The summed E-state index contributed by atoms with van der Waals surface area (Å²) < 4.78 is 82.7. The minimum atomic E-state index is -4.83. The predicted octanol–water partition coefficient (Wildman–Crippen LogP) is 4.91. The minimum absolute atomic E-state index is 0.183. The van der Waals surface area contributed by atoms with E-state index >= 15 is 0 Å². The van der Waals surface area contributed by atoms with Crippen LogP contribution < -0.4 is 4.74 Å². The summed E-state index contributed by atoms with van der Waals surface area (Å²) in [4.78, 5) is 18.7. The third-order valence-corrected chi connectivity index (χ3v) is 5.55. The van der Waals surface area contributed by atoms with Crippen LogP contribution in [0.15, 0.2) is 34.9 Å². The first kappa shape index (κ1) is 21.2. The molecule has 13 heteroatoms. The van der Waals surface area contributed by atoms with E-state index in [0.717, 1.165) is 33.9 Å². The van der Waals surface area contributed by atoms with Gasteiger partial charge in [0, 0.05) is 17.0 Å². The highest BCUT2D eigenvalue weighted by atomic mass is 32.1. The molecule has 0 bridgehead atoms. The number of benzene rings is 1. The lowest BCUT2D eigenvalue weighted by Gasteiger charge is -2.27. The summed E-state index contributed by atoms with van der Waals surface area (Å²) >= 11 is 1.15. The van der Waals surface area contributed by atoms with Crippen LogP contribution in [0, 0.1) is 0 Å². The minimum Gasteiger partial charge on any atom is -0.406 e. The number of amides is 1. The van der Waals surface area contributed by atoms with Crippen molar-refractivity contribution in [2.75, 3.05) is 6.54 Å². The molecule has 31 heavy (non-hydrogen) atoms. The molecule has 0 saturated heterocycles. The SMILES string of the molecule is O=C(c1ccc(OC(F)(F)F)cc1)N1CCc2cc(-c3noc(C(F)(F)F)n3)sc2C1. The van der Waals surface area contributed by atoms with Crippen molar-refractivity contribution in [2.24, 2.45) is 0 Å². The van der Waals surface area contributed by atoms with Crippen molar-refractivity contribution < 1.29 is 40.4 Å². The fourth-order valence-electron chi connectivity index (χ4n) is 3.02. The molecule has 0 fully saturated rings. The van der Waals surface area contributed by atoms with Gasteiger partial charge in [0.25, 0.3) is 5.91 Å². The van der Waals surface area contributed by atoms with Crippen molar-refractivity contribution >= 4 is 17.2 Å². The van der Waals surface area contributed by atoms with Crippen LogP contribution >= 0.6 is 11.3 Å². The van der Waals surface area contributed by atoms with Gasteiger partial charge in [-0.3, -0.25) is 4.79 Å². The number of carbonyl (C=O) groups excluding carboxylic acids is 1. The first-order valence-corrected chi connectivity index (χ1v) is 9.49. The van der Waals surface area contributed by atoms with E-state index in [2.05, 4.69) is 19.4 Å². The Balaban J connectivity index is 1.48. The van der Waals surface area contributed by atoms with Crippen molar-refractivity contribution in [1.82, 2.24) is 15.0 Å². The van der Waals surface area contributed by atoms with E-state index in [-0.39, 0.29) is 17.9 Å². The molecule has 0 radical (unpaired) electrons. The molecule has 0 aliphatic carbocycles. The normalized spacial score (nSPS) is 14.5. The lowest BCUT2D eigenvalue weighted by molar-refractivity contribution is -0.274. The van der Waals surface area contributed by atoms with E-state index in [1.165, 1.54) is 17.0 Å². The fourth-order valence-corrected chi connectivity index (χ4v) is 4.18. The summed E-state index contributed by atoms with van der Waals surface area (Å²) in [5, 5.41) is 3.36. The van der Waals surface area contributed by atoms with Gasteiger partial charge in [0.1, 0.15) is 5.75 Å². The van der Waals surface area contributed by atoms with Gasteiger partial charge in [0.05, 0.1) is 11.4 Å². The van der Waals surface area contributed by atoms with E-state index in [4.69, 9.17) is 0 Å². The molecule has 1 aliphatic rings. The molecule has 1 amide bonds. The molecule has 4 rings (SSSR count). The van der Waals surface area contributed by atoms with Gasteiger partial charge in [-0.15, -0.1) is 24.5 Å². The van der Waals surface area contributed by atoms with Crippen LogP contribution in [-0.4, -0.2) is 33.9 Å². The first-order chi connectivity index (χ1) is 14.5. The average Bonchev–Trinajstić information content (AvgIpc) is 3.33. The number of ether oxygens (including phenoxy) is 1. The standard InChI is InChI=1S/C18H11F6N3O3S/c19-17(20,21)16-25-14(26-30-16)12-7-10-5-6-27(8-13(10)31-12)15(28)9-1-3-11(4-2-9)29-18(22,23)24/h1-4,7H,5-6,8H2. The lowest BCUT2D eigenvalue weighted by Crippen LogP contribution is -2.35. The molecule has 3 aromatic rings. The number of halogens is 6. The average molecular weight is 463 g/mol. The van der Waals surface area contributed by atoms with Gasteiger partial charge in [0.2, 0.25) is 5.82 Å². The van der Waals surface area contributed by atoms with Gasteiger partial charge in [-0.2, -0.15) is 18.2 Å². The highest BCUT2D eigenvalue weighted by Crippen LogP contribution is 2.36. The fraction of sp³-hybridized carbons (Fsp3) is 0.278. The summed E-state index contributed by atoms with van der Waals surface area (Å²) in [5.74, 6) is -2.46. The van der Waals surface area contributed by atoms with Crippen LogP contribution in [0.2, 0.25) is 0 Å². The molecule has 6 nitrogen and oxygen atoms in total. The van der Waals surface area contributed by atoms with E-state index in [9.17, 15) is 31.1 Å². The van der Waals surface area contributed by atoms with Crippen molar-refractivity contribution in [3.8, 4) is 16.5 Å². The van der Waals surface area contributed by atoms with Crippen LogP contribution in [0.5, 0.6) is 5.75 Å².